The van der Waals surface area contributed by atoms with Crippen molar-refractivity contribution < 1.29 is 14.6 Å². The smallest absolute Gasteiger partial charge is 0.410 e. The maximum Gasteiger partial charge on any atom is 0.410 e. The van der Waals surface area contributed by atoms with Crippen LogP contribution in [0.15, 0.2) is 0 Å². The third-order valence-corrected chi connectivity index (χ3v) is 4.63. The van der Waals surface area contributed by atoms with Crippen LogP contribution in [0.4, 0.5) is 4.79 Å². The van der Waals surface area contributed by atoms with Gasteiger partial charge < -0.3 is 19.6 Å². The van der Waals surface area contributed by atoms with Crippen LogP contribution in [-0.2, 0) is 4.74 Å². The largest absolute Gasteiger partial charge is 0.444 e. The van der Waals surface area contributed by atoms with Crippen molar-refractivity contribution in [2.45, 2.75) is 57.7 Å². The molecular formula is C17H29N3O3. The van der Waals surface area contributed by atoms with Gasteiger partial charge in [-0.1, -0.05) is 0 Å². The summed E-state index contributed by atoms with van der Waals surface area (Å²) in [5.74, 6) is 0.162. The van der Waals surface area contributed by atoms with Gasteiger partial charge in [0.25, 0.3) is 0 Å². The molecule has 2 rings (SSSR count). The van der Waals surface area contributed by atoms with E-state index < -0.39 is 11.2 Å². The highest BCUT2D eigenvalue weighted by molar-refractivity contribution is 5.68. The average molecular weight is 323 g/mol. The van der Waals surface area contributed by atoms with Gasteiger partial charge in [-0.2, -0.15) is 5.26 Å². The highest BCUT2D eigenvalue weighted by Crippen LogP contribution is 2.26. The van der Waals surface area contributed by atoms with E-state index in [0.717, 1.165) is 25.9 Å². The van der Waals surface area contributed by atoms with Crippen LogP contribution >= 0.6 is 0 Å². The molecule has 2 saturated heterocycles. The highest BCUT2D eigenvalue weighted by Gasteiger charge is 2.37. The summed E-state index contributed by atoms with van der Waals surface area (Å²) in [5, 5.41) is 19.7. The summed E-state index contributed by atoms with van der Waals surface area (Å²) in [6.45, 7) is 9.00. The Morgan fingerprint density at radius 1 is 1.26 bits per heavy atom. The lowest BCUT2D eigenvalue weighted by Gasteiger charge is -2.42. The van der Waals surface area contributed by atoms with Crippen LogP contribution in [-0.4, -0.2) is 64.9 Å². The lowest BCUT2D eigenvalue weighted by molar-refractivity contribution is -0.0533. The van der Waals surface area contributed by atoms with E-state index in [-0.39, 0.29) is 12.0 Å². The van der Waals surface area contributed by atoms with Crippen LogP contribution in [0.5, 0.6) is 0 Å². The molecule has 1 amide bonds. The van der Waals surface area contributed by atoms with Gasteiger partial charge in [-0.15, -0.1) is 0 Å². The van der Waals surface area contributed by atoms with E-state index in [1.807, 2.05) is 20.8 Å². The fourth-order valence-corrected chi connectivity index (χ4v) is 3.23. The Bertz CT molecular complexity index is 451. The third kappa shape index (κ3) is 5.36. The van der Waals surface area contributed by atoms with E-state index >= 15 is 0 Å². The molecule has 0 bridgehead atoms. The molecule has 2 aliphatic heterocycles. The first-order valence-corrected chi connectivity index (χ1v) is 8.53. The van der Waals surface area contributed by atoms with Crippen LogP contribution in [0.2, 0.25) is 0 Å². The van der Waals surface area contributed by atoms with Gasteiger partial charge in [0, 0.05) is 25.6 Å². The number of likely N-dealkylation sites (tertiary alicyclic amines) is 2. The molecule has 0 unspecified atom stereocenters. The number of aliphatic hydroxyl groups is 1. The zero-order valence-corrected chi connectivity index (χ0v) is 14.5. The average Bonchev–Trinajstić information content (AvgIpc) is 2.46. The molecule has 0 saturated carbocycles. The third-order valence-electron chi connectivity index (χ3n) is 4.63. The fraction of sp³-hybridized carbons (Fsp3) is 0.882. The number of ether oxygens (including phenoxy) is 1. The van der Waals surface area contributed by atoms with Crippen LogP contribution in [0.25, 0.3) is 0 Å². The first-order valence-electron chi connectivity index (χ1n) is 8.53. The van der Waals surface area contributed by atoms with Gasteiger partial charge >= 0.3 is 6.09 Å². The van der Waals surface area contributed by atoms with Gasteiger partial charge in [0.1, 0.15) is 5.60 Å². The van der Waals surface area contributed by atoms with Crippen LogP contribution in [0.3, 0.4) is 0 Å². The minimum absolute atomic E-state index is 0.162. The van der Waals surface area contributed by atoms with Gasteiger partial charge in [0.15, 0.2) is 0 Å². The van der Waals surface area contributed by atoms with E-state index in [4.69, 9.17) is 10.00 Å². The van der Waals surface area contributed by atoms with Gasteiger partial charge in [0.2, 0.25) is 0 Å². The number of hydrogen-bond donors (Lipinski definition) is 1. The number of carbonyl (C=O) groups is 1. The predicted molar refractivity (Wildman–Crippen MR) is 86.8 cm³/mol. The molecule has 2 aliphatic rings. The van der Waals surface area contributed by atoms with Crippen molar-refractivity contribution in [2.24, 2.45) is 5.92 Å². The first kappa shape index (κ1) is 18.0. The van der Waals surface area contributed by atoms with E-state index in [1.165, 1.54) is 0 Å². The molecule has 0 aromatic heterocycles. The van der Waals surface area contributed by atoms with Crippen molar-refractivity contribution in [3.05, 3.63) is 0 Å². The summed E-state index contributed by atoms with van der Waals surface area (Å²) >= 11 is 0. The first-order chi connectivity index (χ1) is 10.7. The van der Waals surface area contributed by atoms with Crippen molar-refractivity contribution in [1.29, 1.82) is 5.26 Å². The Labute approximate surface area is 139 Å². The number of hydrogen-bond acceptors (Lipinski definition) is 5. The molecule has 1 N–H and O–H groups in total. The summed E-state index contributed by atoms with van der Waals surface area (Å²) in [7, 11) is 0. The maximum absolute atomic E-state index is 12.1. The van der Waals surface area contributed by atoms with Crippen molar-refractivity contribution in [1.82, 2.24) is 9.80 Å². The van der Waals surface area contributed by atoms with E-state index in [2.05, 4.69) is 11.0 Å². The van der Waals surface area contributed by atoms with E-state index in [9.17, 15) is 9.90 Å². The molecule has 0 aliphatic carbocycles. The second-order valence-corrected chi connectivity index (χ2v) is 7.87. The van der Waals surface area contributed by atoms with Crippen molar-refractivity contribution >= 4 is 6.09 Å². The number of β-amino-alcohol motifs (C(OH)–C–C–N with tert-alkyl or cyclic N) is 1. The Morgan fingerprint density at radius 3 is 2.30 bits per heavy atom. The van der Waals surface area contributed by atoms with Gasteiger partial charge in [0.05, 0.1) is 11.7 Å². The molecule has 2 fully saturated rings. The monoisotopic (exact) mass is 323 g/mol. The number of nitriles is 1. The Balaban J connectivity index is 1.79. The van der Waals surface area contributed by atoms with Crippen LogP contribution in [0.1, 0.15) is 46.5 Å². The molecule has 2 heterocycles. The summed E-state index contributed by atoms with van der Waals surface area (Å²) < 4.78 is 5.38. The van der Waals surface area contributed by atoms with Crippen molar-refractivity contribution in [2.75, 3.05) is 32.7 Å². The highest BCUT2D eigenvalue weighted by atomic mass is 16.6. The Kier molecular flexibility index (Phi) is 5.53. The lowest BCUT2D eigenvalue weighted by Crippen LogP contribution is -2.53. The molecule has 0 spiro atoms. The van der Waals surface area contributed by atoms with Gasteiger partial charge in [-0.25, -0.2) is 4.79 Å². The molecule has 0 aromatic rings. The minimum atomic E-state index is -0.738. The topological polar surface area (TPSA) is 76.8 Å². The second-order valence-electron chi connectivity index (χ2n) is 7.87. The molecule has 0 atom stereocenters. The second kappa shape index (κ2) is 7.06. The molecule has 0 aromatic carbocycles. The lowest BCUT2D eigenvalue weighted by atomic mass is 9.89. The van der Waals surface area contributed by atoms with E-state index in [1.54, 1.807) is 4.90 Å². The number of piperidine rings is 2. The van der Waals surface area contributed by atoms with Gasteiger partial charge in [-0.05, 0) is 59.5 Å². The Hall–Kier alpha value is -1.32. The van der Waals surface area contributed by atoms with Crippen molar-refractivity contribution in [3.8, 4) is 6.07 Å². The predicted octanol–water partition coefficient (Wildman–Crippen LogP) is 1.98. The number of amides is 1. The van der Waals surface area contributed by atoms with Crippen LogP contribution < -0.4 is 0 Å². The summed E-state index contributed by atoms with van der Waals surface area (Å²) in [6.07, 6.45) is 2.62. The number of rotatable bonds is 2. The maximum atomic E-state index is 12.1. The summed E-state index contributed by atoms with van der Waals surface area (Å²) in [4.78, 5) is 16.0. The quantitative estimate of drug-likeness (QED) is 0.841. The summed E-state index contributed by atoms with van der Waals surface area (Å²) in [6, 6.07) is 2.33. The van der Waals surface area contributed by atoms with Gasteiger partial charge in [-0.3, -0.25) is 0 Å². The molecular weight excluding hydrogens is 294 g/mol. The SMILES string of the molecule is CC(C)(C)OC(=O)N1CCC(O)(CN2CCC(C#N)CC2)CC1. The van der Waals surface area contributed by atoms with E-state index in [0.29, 0.717) is 32.5 Å². The molecule has 6 nitrogen and oxygen atoms in total. The number of nitrogens with zero attached hydrogens (tertiary/aromatic N) is 3. The standard InChI is InChI=1S/C17H29N3O3/c1-16(2,3)23-15(21)20-10-6-17(22,7-11-20)13-19-8-4-14(12-18)5-9-19/h14,22H,4-11,13H2,1-3H3. The zero-order valence-electron chi connectivity index (χ0n) is 14.5. The molecule has 130 valence electrons. The molecule has 6 heteroatoms. The normalized spacial score (nSPS) is 23.3. The Morgan fingerprint density at radius 2 is 1.83 bits per heavy atom. The number of carbonyl (C=O) groups excluding carboxylic acids is 1. The van der Waals surface area contributed by atoms with Crippen molar-refractivity contribution in [3.63, 3.8) is 0 Å². The van der Waals surface area contributed by atoms with Crippen LogP contribution in [0, 0.1) is 17.2 Å². The fourth-order valence-electron chi connectivity index (χ4n) is 3.23. The minimum Gasteiger partial charge on any atom is -0.444 e. The molecule has 0 radical (unpaired) electrons. The summed E-state index contributed by atoms with van der Waals surface area (Å²) in [5.41, 5.74) is -1.23. The zero-order chi connectivity index (χ0) is 17.1. The molecule has 23 heavy (non-hydrogen) atoms.